The summed E-state index contributed by atoms with van der Waals surface area (Å²) in [5.74, 6) is 2.92. The van der Waals surface area contributed by atoms with Crippen molar-refractivity contribution < 1.29 is 4.74 Å². The SMILES string of the molecule is Clc1nc(N2C[C@H]3COC[C@H]3C2)c2cnn(CC3CC3)c2n1. The van der Waals surface area contributed by atoms with E-state index in [1.807, 2.05) is 10.9 Å². The van der Waals surface area contributed by atoms with Gasteiger partial charge in [-0.1, -0.05) is 0 Å². The molecular formula is C15H18ClN5O. The quantitative estimate of drug-likeness (QED) is 0.810. The summed E-state index contributed by atoms with van der Waals surface area (Å²) < 4.78 is 7.55. The molecule has 4 heterocycles. The van der Waals surface area contributed by atoms with Gasteiger partial charge in [0, 0.05) is 31.5 Å². The summed E-state index contributed by atoms with van der Waals surface area (Å²) in [4.78, 5) is 11.3. The average molecular weight is 320 g/mol. The lowest BCUT2D eigenvalue weighted by atomic mass is 10.0. The minimum atomic E-state index is 0.313. The van der Waals surface area contributed by atoms with Crippen LogP contribution in [-0.4, -0.2) is 46.1 Å². The molecule has 0 radical (unpaired) electrons. The van der Waals surface area contributed by atoms with Gasteiger partial charge in [-0.15, -0.1) is 0 Å². The van der Waals surface area contributed by atoms with Gasteiger partial charge in [-0.05, 0) is 30.4 Å². The molecule has 0 aromatic carbocycles. The fourth-order valence-electron chi connectivity index (χ4n) is 3.69. The van der Waals surface area contributed by atoms with Crippen LogP contribution >= 0.6 is 11.6 Å². The second kappa shape index (κ2) is 4.80. The molecule has 0 unspecified atom stereocenters. The minimum absolute atomic E-state index is 0.313. The molecule has 3 aliphatic rings. The van der Waals surface area contributed by atoms with E-state index in [2.05, 4.69) is 20.0 Å². The number of hydrogen-bond acceptors (Lipinski definition) is 5. The van der Waals surface area contributed by atoms with Crippen molar-refractivity contribution in [2.75, 3.05) is 31.2 Å². The van der Waals surface area contributed by atoms with E-state index in [0.717, 1.165) is 55.6 Å². The van der Waals surface area contributed by atoms with Gasteiger partial charge >= 0.3 is 0 Å². The van der Waals surface area contributed by atoms with Gasteiger partial charge in [0.2, 0.25) is 5.28 Å². The molecule has 2 aromatic heterocycles. The highest BCUT2D eigenvalue weighted by Crippen LogP contribution is 2.36. The summed E-state index contributed by atoms with van der Waals surface area (Å²) >= 11 is 6.19. The van der Waals surface area contributed by atoms with Crippen molar-refractivity contribution in [2.24, 2.45) is 17.8 Å². The summed E-state index contributed by atoms with van der Waals surface area (Å²) in [7, 11) is 0. The molecule has 2 atom stereocenters. The molecule has 2 aromatic rings. The van der Waals surface area contributed by atoms with Crippen LogP contribution in [0.25, 0.3) is 11.0 Å². The Labute approximate surface area is 133 Å². The van der Waals surface area contributed by atoms with Gasteiger partial charge < -0.3 is 9.64 Å². The van der Waals surface area contributed by atoms with Gasteiger partial charge in [0.1, 0.15) is 5.82 Å². The van der Waals surface area contributed by atoms with Crippen LogP contribution in [0, 0.1) is 17.8 Å². The monoisotopic (exact) mass is 319 g/mol. The minimum Gasteiger partial charge on any atom is -0.381 e. The van der Waals surface area contributed by atoms with E-state index in [-0.39, 0.29) is 0 Å². The highest BCUT2D eigenvalue weighted by Gasteiger charge is 2.38. The van der Waals surface area contributed by atoms with E-state index < -0.39 is 0 Å². The molecule has 5 rings (SSSR count). The average Bonchev–Trinajstić information content (AvgIpc) is 2.89. The first-order valence-electron chi connectivity index (χ1n) is 7.99. The van der Waals surface area contributed by atoms with Crippen molar-refractivity contribution in [2.45, 2.75) is 19.4 Å². The Morgan fingerprint density at radius 2 is 1.95 bits per heavy atom. The number of rotatable bonds is 3. The third kappa shape index (κ3) is 2.08. The first kappa shape index (κ1) is 13.1. The third-order valence-corrected chi connectivity index (χ3v) is 5.29. The molecular weight excluding hydrogens is 302 g/mol. The molecule has 0 amide bonds. The largest absolute Gasteiger partial charge is 0.381 e. The van der Waals surface area contributed by atoms with E-state index in [1.54, 1.807) is 0 Å². The van der Waals surface area contributed by atoms with Gasteiger partial charge in [0.05, 0.1) is 24.8 Å². The highest BCUT2D eigenvalue weighted by molar-refractivity contribution is 6.28. The lowest BCUT2D eigenvalue weighted by Gasteiger charge is -2.19. The van der Waals surface area contributed by atoms with Crippen LogP contribution < -0.4 is 4.90 Å². The van der Waals surface area contributed by atoms with Crippen LogP contribution in [0.2, 0.25) is 5.28 Å². The van der Waals surface area contributed by atoms with Crippen LogP contribution in [0.5, 0.6) is 0 Å². The molecule has 22 heavy (non-hydrogen) atoms. The van der Waals surface area contributed by atoms with Crippen LogP contribution in [0.1, 0.15) is 12.8 Å². The smallest absolute Gasteiger partial charge is 0.226 e. The predicted octanol–water partition coefficient (Wildman–Crippen LogP) is 1.97. The number of ether oxygens (including phenoxy) is 1. The standard InChI is InChI=1S/C15H18ClN5O/c16-15-18-13(20-5-10-7-22-8-11(10)6-20)12-3-17-21(14(12)19-15)4-9-1-2-9/h3,9-11H,1-2,4-8H2/t10-,11+. The van der Waals surface area contributed by atoms with E-state index in [0.29, 0.717) is 17.1 Å². The topological polar surface area (TPSA) is 56.1 Å². The van der Waals surface area contributed by atoms with E-state index in [4.69, 9.17) is 16.3 Å². The molecule has 0 bridgehead atoms. The van der Waals surface area contributed by atoms with Crippen molar-refractivity contribution in [1.82, 2.24) is 19.7 Å². The van der Waals surface area contributed by atoms with Crippen LogP contribution in [0.4, 0.5) is 5.82 Å². The summed E-state index contributed by atoms with van der Waals surface area (Å²) in [6, 6.07) is 0. The summed E-state index contributed by atoms with van der Waals surface area (Å²) in [6.45, 7) is 4.64. The van der Waals surface area contributed by atoms with Crippen molar-refractivity contribution >= 4 is 28.5 Å². The molecule has 1 saturated carbocycles. The normalized spacial score (nSPS) is 27.8. The maximum Gasteiger partial charge on any atom is 0.226 e. The zero-order chi connectivity index (χ0) is 14.7. The Hall–Kier alpha value is -1.40. The van der Waals surface area contributed by atoms with E-state index >= 15 is 0 Å². The number of anilines is 1. The molecule has 2 saturated heterocycles. The number of aromatic nitrogens is 4. The molecule has 6 nitrogen and oxygen atoms in total. The lowest BCUT2D eigenvalue weighted by molar-refractivity contribution is 0.177. The molecule has 116 valence electrons. The second-order valence-electron chi connectivity index (χ2n) is 6.79. The Balaban J connectivity index is 1.54. The van der Waals surface area contributed by atoms with Crippen molar-refractivity contribution in [3.05, 3.63) is 11.5 Å². The highest BCUT2D eigenvalue weighted by atomic mass is 35.5. The first-order chi connectivity index (χ1) is 10.8. The summed E-state index contributed by atoms with van der Waals surface area (Å²) in [5.41, 5.74) is 0.871. The second-order valence-corrected chi connectivity index (χ2v) is 7.12. The van der Waals surface area contributed by atoms with Crippen LogP contribution in [0.3, 0.4) is 0 Å². The predicted molar refractivity (Wildman–Crippen MR) is 83.1 cm³/mol. The van der Waals surface area contributed by atoms with Crippen molar-refractivity contribution in [1.29, 1.82) is 0 Å². The third-order valence-electron chi connectivity index (χ3n) is 5.12. The maximum atomic E-state index is 6.19. The van der Waals surface area contributed by atoms with Crippen LogP contribution in [-0.2, 0) is 11.3 Å². The zero-order valence-electron chi connectivity index (χ0n) is 12.3. The molecule has 0 spiro atoms. The molecule has 0 N–H and O–H groups in total. The Morgan fingerprint density at radius 3 is 2.68 bits per heavy atom. The zero-order valence-corrected chi connectivity index (χ0v) is 13.0. The lowest BCUT2D eigenvalue weighted by Crippen LogP contribution is -2.23. The van der Waals surface area contributed by atoms with E-state index in [9.17, 15) is 0 Å². The van der Waals surface area contributed by atoms with Crippen LogP contribution in [0.15, 0.2) is 6.20 Å². The Bertz CT molecular complexity index is 716. The Morgan fingerprint density at radius 1 is 1.18 bits per heavy atom. The van der Waals surface area contributed by atoms with Crippen molar-refractivity contribution in [3.63, 3.8) is 0 Å². The number of halogens is 1. The van der Waals surface area contributed by atoms with Gasteiger partial charge in [0.25, 0.3) is 0 Å². The van der Waals surface area contributed by atoms with Crippen molar-refractivity contribution in [3.8, 4) is 0 Å². The number of nitrogens with zero attached hydrogens (tertiary/aromatic N) is 5. The van der Waals surface area contributed by atoms with Gasteiger partial charge in [0.15, 0.2) is 5.65 Å². The molecule has 7 heteroatoms. The van der Waals surface area contributed by atoms with Gasteiger partial charge in [-0.3, -0.25) is 0 Å². The van der Waals surface area contributed by atoms with E-state index in [1.165, 1.54) is 12.8 Å². The number of fused-ring (bicyclic) bond motifs is 2. The Kier molecular flexibility index (Phi) is 2.85. The molecule has 3 fully saturated rings. The fraction of sp³-hybridized carbons (Fsp3) is 0.667. The fourth-order valence-corrected chi connectivity index (χ4v) is 3.85. The van der Waals surface area contributed by atoms with Gasteiger partial charge in [-0.25, -0.2) is 4.68 Å². The molecule has 1 aliphatic carbocycles. The maximum absolute atomic E-state index is 6.19. The summed E-state index contributed by atoms with van der Waals surface area (Å²) in [6.07, 6.45) is 4.49. The van der Waals surface area contributed by atoms with Gasteiger partial charge in [-0.2, -0.15) is 15.1 Å². The summed E-state index contributed by atoms with van der Waals surface area (Å²) in [5, 5.41) is 5.86. The number of hydrogen-bond donors (Lipinski definition) is 0. The first-order valence-corrected chi connectivity index (χ1v) is 8.37. The molecule has 2 aliphatic heterocycles.